The molecule has 0 unspecified atom stereocenters. The van der Waals surface area contributed by atoms with Crippen molar-refractivity contribution in [3.63, 3.8) is 0 Å². The van der Waals surface area contributed by atoms with E-state index in [0.717, 1.165) is 0 Å². The van der Waals surface area contributed by atoms with Crippen LogP contribution in [-0.2, 0) is 5.41 Å². The van der Waals surface area contributed by atoms with Crippen molar-refractivity contribution in [1.82, 2.24) is 5.16 Å². The molecule has 0 bridgehead atoms. The van der Waals surface area contributed by atoms with Crippen molar-refractivity contribution < 1.29 is 9.32 Å². The zero-order valence-corrected chi connectivity index (χ0v) is 7.84. The van der Waals surface area contributed by atoms with Gasteiger partial charge in [-0.25, -0.2) is 0 Å². The number of carbonyl (C=O) groups excluding carboxylic acids is 1. The minimum absolute atomic E-state index is 0.00109. The molecule has 0 aromatic carbocycles. The van der Waals surface area contributed by atoms with Crippen LogP contribution in [0, 0.1) is 0 Å². The molecular formula is C9H13NO2. The Bertz CT molecular complexity index is 294. The standard InChI is InChI=1S/C9H13NO2/c1-6(11)7-5-10-12-8(7)9(2,3)4/h5H,1-4H3. The van der Waals surface area contributed by atoms with Crippen LogP contribution in [0.15, 0.2) is 10.7 Å². The number of Topliss-reactive ketones (excluding diaryl/α,β-unsaturated/α-hetero) is 1. The van der Waals surface area contributed by atoms with Crippen molar-refractivity contribution in [2.75, 3.05) is 0 Å². The third-order valence-corrected chi connectivity index (χ3v) is 1.63. The van der Waals surface area contributed by atoms with Gasteiger partial charge in [0.2, 0.25) is 0 Å². The van der Waals surface area contributed by atoms with Gasteiger partial charge in [-0.2, -0.15) is 0 Å². The molecule has 0 spiro atoms. The average Bonchev–Trinajstić information content (AvgIpc) is 2.30. The Hall–Kier alpha value is -1.12. The second-order valence-corrected chi connectivity index (χ2v) is 3.87. The fraction of sp³-hybridized carbons (Fsp3) is 0.556. The number of rotatable bonds is 1. The van der Waals surface area contributed by atoms with Crippen LogP contribution in [-0.4, -0.2) is 10.9 Å². The van der Waals surface area contributed by atoms with Crippen LogP contribution in [0.1, 0.15) is 43.8 Å². The Morgan fingerprint density at radius 2 is 2.08 bits per heavy atom. The molecule has 0 N–H and O–H groups in total. The van der Waals surface area contributed by atoms with Gasteiger partial charge in [-0.15, -0.1) is 0 Å². The topological polar surface area (TPSA) is 43.1 Å². The summed E-state index contributed by atoms with van der Waals surface area (Å²) in [6, 6.07) is 0. The number of aromatic nitrogens is 1. The van der Waals surface area contributed by atoms with Crippen LogP contribution in [0.3, 0.4) is 0 Å². The summed E-state index contributed by atoms with van der Waals surface area (Å²) < 4.78 is 5.02. The number of hydrogen-bond acceptors (Lipinski definition) is 3. The molecular weight excluding hydrogens is 154 g/mol. The highest BCUT2D eigenvalue weighted by molar-refractivity contribution is 5.94. The highest BCUT2D eigenvalue weighted by Crippen LogP contribution is 2.25. The minimum atomic E-state index is -0.155. The van der Waals surface area contributed by atoms with Crippen molar-refractivity contribution in [2.24, 2.45) is 0 Å². The zero-order chi connectivity index (χ0) is 9.35. The Balaban J connectivity index is 3.17. The van der Waals surface area contributed by atoms with Gasteiger partial charge in [0.1, 0.15) is 0 Å². The molecule has 66 valence electrons. The number of carbonyl (C=O) groups is 1. The lowest BCUT2D eigenvalue weighted by Crippen LogP contribution is -2.13. The molecule has 12 heavy (non-hydrogen) atoms. The Kier molecular flexibility index (Phi) is 2.04. The summed E-state index contributed by atoms with van der Waals surface area (Å²) in [6.45, 7) is 7.47. The molecule has 0 aliphatic heterocycles. The Labute approximate surface area is 71.7 Å². The summed E-state index contributed by atoms with van der Waals surface area (Å²) in [5.74, 6) is 0.663. The van der Waals surface area contributed by atoms with Crippen LogP contribution in [0.2, 0.25) is 0 Å². The zero-order valence-electron chi connectivity index (χ0n) is 7.84. The lowest BCUT2D eigenvalue weighted by molar-refractivity contribution is 0.101. The largest absolute Gasteiger partial charge is 0.360 e. The quantitative estimate of drug-likeness (QED) is 0.602. The highest BCUT2D eigenvalue weighted by Gasteiger charge is 2.24. The predicted molar refractivity (Wildman–Crippen MR) is 45.2 cm³/mol. The average molecular weight is 167 g/mol. The van der Waals surface area contributed by atoms with E-state index in [-0.39, 0.29) is 11.2 Å². The Morgan fingerprint density at radius 1 is 1.50 bits per heavy atom. The Morgan fingerprint density at radius 3 is 2.42 bits per heavy atom. The van der Waals surface area contributed by atoms with Gasteiger partial charge in [-0.3, -0.25) is 4.79 Å². The van der Waals surface area contributed by atoms with Crippen LogP contribution in [0.4, 0.5) is 0 Å². The summed E-state index contributed by atoms with van der Waals surface area (Å²) in [5, 5.41) is 3.61. The monoisotopic (exact) mass is 167 g/mol. The van der Waals surface area contributed by atoms with E-state index in [0.29, 0.717) is 11.3 Å². The molecule has 1 rings (SSSR count). The molecule has 3 nitrogen and oxygen atoms in total. The van der Waals surface area contributed by atoms with E-state index in [1.54, 1.807) is 0 Å². The van der Waals surface area contributed by atoms with Gasteiger partial charge >= 0.3 is 0 Å². The first-order chi connectivity index (χ1) is 5.43. The van der Waals surface area contributed by atoms with E-state index < -0.39 is 0 Å². The van der Waals surface area contributed by atoms with Crippen LogP contribution in [0.25, 0.3) is 0 Å². The molecule has 1 aromatic rings. The molecule has 1 aromatic heterocycles. The highest BCUT2D eigenvalue weighted by atomic mass is 16.5. The first kappa shape index (κ1) is 8.97. The van der Waals surface area contributed by atoms with E-state index in [1.165, 1.54) is 13.1 Å². The smallest absolute Gasteiger partial charge is 0.165 e. The molecule has 0 aliphatic carbocycles. The van der Waals surface area contributed by atoms with E-state index >= 15 is 0 Å². The van der Waals surface area contributed by atoms with Crippen LogP contribution < -0.4 is 0 Å². The fourth-order valence-corrected chi connectivity index (χ4v) is 1.03. The molecule has 0 atom stereocenters. The van der Waals surface area contributed by atoms with Gasteiger partial charge in [-0.1, -0.05) is 25.9 Å². The molecule has 0 radical (unpaired) electrons. The second kappa shape index (κ2) is 2.73. The first-order valence-corrected chi connectivity index (χ1v) is 3.89. The first-order valence-electron chi connectivity index (χ1n) is 3.89. The van der Waals surface area contributed by atoms with Gasteiger partial charge in [0.05, 0.1) is 11.8 Å². The summed E-state index contributed by atoms with van der Waals surface area (Å²) in [4.78, 5) is 11.1. The fourth-order valence-electron chi connectivity index (χ4n) is 1.03. The number of ketones is 1. The lowest BCUT2D eigenvalue weighted by atomic mass is 9.90. The van der Waals surface area contributed by atoms with E-state index in [2.05, 4.69) is 5.16 Å². The number of nitrogens with zero attached hydrogens (tertiary/aromatic N) is 1. The molecule has 0 aliphatic rings. The summed E-state index contributed by atoms with van der Waals surface area (Å²) >= 11 is 0. The maximum atomic E-state index is 11.1. The molecule has 1 heterocycles. The van der Waals surface area contributed by atoms with Crippen molar-refractivity contribution >= 4 is 5.78 Å². The van der Waals surface area contributed by atoms with E-state index in [4.69, 9.17) is 4.52 Å². The maximum Gasteiger partial charge on any atom is 0.165 e. The molecule has 0 saturated heterocycles. The number of hydrogen-bond donors (Lipinski definition) is 0. The van der Waals surface area contributed by atoms with Crippen molar-refractivity contribution in [1.29, 1.82) is 0 Å². The van der Waals surface area contributed by atoms with Gasteiger partial charge in [0.15, 0.2) is 11.5 Å². The minimum Gasteiger partial charge on any atom is -0.360 e. The van der Waals surface area contributed by atoms with Crippen molar-refractivity contribution in [3.05, 3.63) is 17.5 Å². The van der Waals surface area contributed by atoms with Gasteiger partial charge < -0.3 is 4.52 Å². The SMILES string of the molecule is CC(=O)c1cnoc1C(C)(C)C. The maximum absolute atomic E-state index is 11.1. The van der Waals surface area contributed by atoms with Crippen molar-refractivity contribution in [2.45, 2.75) is 33.1 Å². The molecule has 0 fully saturated rings. The molecule has 0 amide bonds. The molecule has 3 heteroatoms. The lowest BCUT2D eigenvalue weighted by Gasteiger charge is -2.14. The second-order valence-electron chi connectivity index (χ2n) is 3.87. The van der Waals surface area contributed by atoms with Crippen molar-refractivity contribution in [3.8, 4) is 0 Å². The van der Waals surface area contributed by atoms with E-state index in [9.17, 15) is 4.79 Å². The summed E-state index contributed by atoms with van der Waals surface area (Å²) in [6.07, 6.45) is 1.48. The third-order valence-electron chi connectivity index (χ3n) is 1.63. The van der Waals surface area contributed by atoms with Crippen LogP contribution >= 0.6 is 0 Å². The summed E-state index contributed by atoms with van der Waals surface area (Å²) in [5.41, 5.74) is 0.430. The summed E-state index contributed by atoms with van der Waals surface area (Å²) in [7, 11) is 0. The predicted octanol–water partition coefficient (Wildman–Crippen LogP) is 2.17. The molecule has 0 saturated carbocycles. The van der Waals surface area contributed by atoms with Gasteiger partial charge in [-0.05, 0) is 6.92 Å². The van der Waals surface area contributed by atoms with Gasteiger partial charge in [0.25, 0.3) is 0 Å². The van der Waals surface area contributed by atoms with Crippen LogP contribution in [0.5, 0.6) is 0 Å². The van der Waals surface area contributed by atoms with E-state index in [1.807, 2.05) is 20.8 Å². The van der Waals surface area contributed by atoms with Gasteiger partial charge in [0, 0.05) is 5.41 Å². The normalized spacial score (nSPS) is 11.7. The third kappa shape index (κ3) is 1.55.